The first-order valence-electron chi connectivity index (χ1n) is 7.20. The molecule has 0 spiro atoms. The van der Waals surface area contributed by atoms with Gasteiger partial charge in [0, 0.05) is 5.56 Å². The number of rotatable bonds is 4. The Labute approximate surface area is 139 Å². The molecular formula is C15H17F6NO3. The van der Waals surface area contributed by atoms with E-state index in [1.807, 2.05) is 0 Å². The smallest absolute Gasteiger partial charge is 0.490 e. The summed E-state index contributed by atoms with van der Waals surface area (Å²) in [6, 6.07) is 4.09. The van der Waals surface area contributed by atoms with Crippen LogP contribution in [0.15, 0.2) is 18.2 Å². The second-order valence-corrected chi connectivity index (χ2v) is 5.35. The third-order valence-corrected chi connectivity index (χ3v) is 3.57. The molecule has 142 valence electrons. The van der Waals surface area contributed by atoms with E-state index in [1.54, 1.807) is 6.07 Å². The standard InChI is InChI=1S/C13H16F3NO.C2HF3O2/c1-18-12-4-2-3-11(13(14,15)16)10(12)6-5-9-7-17-8-9;3-2(4,5)1(6)7/h2-4,9,17H,5-8H2,1H3;(H,6,7). The summed E-state index contributed by atoms with van der Waals surface area (Å²) in [4.78, 5) is 8.90. The zero-order chi connectivity index (χ0) is 19.3. The summed E-state index contributed by atoms with van der Waals surface area (Å²) in [6.45, 7) is 1.80. The van der Waals surface area contributed by atoms with Crippen LogP contribution in [-0.2, 0) is 17.4 Å². The molecule has 1 aromatic rings. The lowest BCUT2D eigenvalue weighted by Crippen LogP contribution is -2.42. The van der Waals surface area contributed by atoms with Gasteiger partial charge in [-0.2, -0.15) is 26.3 Å². The van der Waals surface area contributed by atoms with E-state index in [1.165, 1.54) is 13.2 Å². The van der Waals surface area contributed by atoms with Crippen molar-refractivity contribution in [2.45, 2.75) is 25.2 Å². The van der Waals surface area contributed by atoms with Crippen molar-refractivity contribution in [2.24, 2.45) is 5.92 Å². The molecule has 1 aromatic carbocycles. The van der Waals surface area contributed by atoms with E-state index in [0.717, 1.165) is 25.6 Å². The van der Waals surface area contributed by atoms with E-state index in [9.17, 15) is 26.3 Å². The topological polar surface area (TPSA) is 58.6 Å². The Balaban J connectivity index is 0.000000381. The van der Waals surface area contributed by atoms with Crippen LogP contribution in [0.1, 0.15) is 17.5 Å². The number of carboxylic acid groups (broad SMARTS) is 1. The van der Waals surface area contributed by atoms with Crippen molar-refractivity contribution in [2.75, 3.05) is 20.2 Å². The maximum absolute atomic E-state index is 12.9. The van der Waals surface area contributed by atoms with E-state index in [2.05, 4.69) is 5.32 Å². The second kappa shape index (κ2) is 8.41. The Morgan fingerprint density at radius 1 is 1.24 bits per heavy atom. The van der Waals surface area contributed by atoms with E-state index < -0.39 is 23.9 Å². The molecule has 1 fully saturated rings. The van der Waals surface area contributed by atoms with Gasteiger partial charge in [0.2, 0.25) is 0 Å². The lowest BCUT2D eigenvalue weighted by atomic mass is 9.92. The van der Waals surface area contributed by atoms with Gasteiger partial charge in [0.25, 0.3) is 0 Å². The number of carboxylic acids is 1. The maximum Gasteiger partial charge on any atom is 0.490 e. The maximum atomic E-state index is 12.9. The number of methoxy groups -OCH3 is 1. The van der Waals surface area contributed by atoms with Gasteiger partial charge < -0.3 is 15.2 Å². The number of nitrogens with one attached hydrogen (secondary N) is 1. The highest BCUT2D eigenvalue weighted by Crippen LogP contribution is 2.37. The van der Waals surface area contributed by atoms with Crippen molar-refractivity contribution < 1.29 is 41.0 Å². The zero-order valence-corrected chi connectivity index (χ0v) is 13.2. The number of alkyl halides is 6. The van der Waals surface area contributed by atoms with Crippen molar-refractivity contribution in [1.82, 2.24) is 5.32 Å². The summed E-state index contributed by atoms with van der Waals surface area (Å²) in [5.41, 5.74) is -0.298. The number of ether oxygens (including phenoxy) is 1. The minimum Gasteiger partial charge on any atom is -0.496 e. The van der Waals surface area contributed by atoms with Crippen LogP contribution < -0.4 is 10.1 Å². The number of hydrogen-bond donors (Lipinski definition) is 2. The Hall–Kier alpha value is -1.97. The van der Waals surface area contributed by atoms with Crippen molar-refractivity contribution >= 4 is 5.97 Å². The molecule has 0 unspecified atom stereocenters. The number of aliphatic carboxylic acids is 1. The first kappa shape index (κ1) is 21.1. The van der Waals surface area contributed by atoms with Gasteiger partial charge in [0.05, 0.1) is 12.7 Å². The fourth-order valence-electron chi connectivity index (χ4n) is 2.18. The molecule has 1 heterocycles. The van der Waals surface area contributed by atoms with E-state index in [4.69, 9.17) is 14.6 Å². The van der Waals surface area contributed by atoms with Crippen LogP contribution in [0.3, 0.4) is 0 Å². The summed E-state index contributed by atoms with van der Waals surface area (Å²) in [5, 5.41) is 10.2. The third kappa shape index (κ3) is 6.45. The first-order chi connectivity index (χ1) is 11.5. The highest BCUT2D eigenvalue weighted by atomic mass is 19.4. The first-order valence-corrected chi connectivity index (χ1v) is 7.20. The quantitative estimate of drug-likeness (QED) is 0.794. The molecule has 0 aromatic heterocycles. The van der Waals surface area contributed by atoms with Gasteiger partial charge in [-0.05, 0) is 44.0 Å². The summed E-state index contributed by atoms with van der Waals surface area (Å²) in [6.07, 6.45) is -8.23. The Bertz CT molecular complexity index is 582. The van der Waals surface area contributed by atoms with Crippen molar-refractivity contribution in [3.63, 3.8) is 0 Å². The van der Waals surface area contributed by atoms with Crippen LogP contribution in [0, 0.1) is 5.92 Å². The lowest BCUT2D eigenvalue weighted by Gasteiger charge is -2.27. The van der Waals surface area contributed by atoms with Crippen LogP contribution >= 0.6 is 0 Å². The molecule has 25 heavy (non-hydrogen) atoms. The van der Waals surface area contributed by atoms with Crippen LogP contribution in [0.25, 0.3) is 0 Å². The molecule has 1 aliphatic heterocycles. The van der Waals surface area contributed by atoms with Crippen molar-refractivity contribution in [1.29, 1.82) is 0 Å². The van der Waals surface area contributed by atoms with Gasteiger partial charge in [-0.1, -0.05) is 6.07 Å². The number of carbonyl (C=O) groups is 1. The summed E-state index contributed by atoms with van der Waals surface area (Å²) < 4.78 is 75.5. The third-order valence-electron chi connectivity index (χ3n) is 3.57. The molecule has 1 aliphatic rings. The minimum atomic E-state index is -5.08. The van der Waals surface area contributed by atoms with Crippen LogP contribution in [0.2, 0.25) is 0 Å². The van der Waals surface area contributed by atoms with Gasteiger partial charge in [-0.15, -0.1) is 0 Å². The molecule has 10 heteroatoms. The SMILES string of the molecule is COc1cccc(C(F)(F)F)c1CCC1CNC1.O=C(O)C(F)(F)F. The average molecular weight is 373 g/mol. The molecule has 0 atom stereocenters. The van der Waals surface area contributed by atoms with E-state index in [0.29, 0.717) is 18.1 Å². The molecule has 1 saturated heterocycles. The van der Waals surface area contributed by atoms with Crippen LogP contribution in [-0.4, -0.2) is 37.5 Å². The summed E-state index contributed by atoms with van der Waals surface area (Å²) in [7, 11) is 1.41. The summed E-state index contributed by atoms with van der Waals surface area (Å²) >= 11 is 0. The van der Waals surface area contributed by atoms with Crippen molar-refractivity contribution in [3.8, 4) is 5.75 Å². The molecule has 0 bridgehead atoms. The molecular weight excluding hydrogens is 356 g/mol. The minimum absolute atomic E-state index is 0.277. The summed E-state index contributed by atoms with van der Waals surface area (Å²) in [5.74, 6) is -1.94. The molecule has 0 radical (unpaired) electrons. The molecule has 2 rings (SSSR count). The van der Waals surface area contributed by atoms with Gasteiger partial charge in [-0.25, -0.2) is 4.79 Å². The predicted molar refractivity (Wildman–Crippen MR) is 76.4 cm³/mol. The largest absolute Gasteiger partial charge is 0.496 e. The van der Waals surface area contributed by atoms with Gasteiger partial charge in [0.15, 0.2) is 0 Å². The highest BCUT2D eigenvalue weighted by molar-refractivity contribution is 5.73. The molecule has 2 N–H and O–H groups in total. The number of halogens is 6. The van der Waals surface area contributed by atoms with Gasteiger partial charge in [0.1, 0.15) is 5.75 Å². The van der Waals surface area contributed by atoms with E-state index >= 15 is 0 Å². The van der Waals surface area contributed by atoms with Crippen LogP contribution in [0.4, 0.5) is 26.3 Å². The Morgan fingerprint density at radius 2 is 1.80 bits per heavy atom. The fourth-order valence-corrected chi connectivity index (χ4v) is 2.18. The zero-order valence-electron chi connectivity index (χ0n) is 13.2. The van der Waals surface area contributed by atoms with E-state index in [-0.39, 0.29) is 5.56 Å². The lowest BCUT2D eigenvalue weighted by molar-refractivity contribution is -0.192. The average Bonchev–Trinajstić information content (AvgIpc) is 2.44. The second-order valence-electron chi connectivity index (χ2n) is 5.35. The number of hydrogen-bond acceptors (Lipinski definition) is 3. The molecule has 4 nitrogen and oxygen atoms in total. The highest BCUT2D eigenvalue weighted by Gasteiger charge is 2.38. The molecule has 0 amide bonds. The Morgan fingerprint density at radius 3 is 2.16 bits per heavy atom. The monoisotopic (exact) mass is 373 g/mol. The van der Waals surface area contributed by atoms with Crippen molar-refractivity contribution in [3.05, 3.63) is 29.3 Å². The number of benzene rings is 1. The predicted octanol–water partition coefficient (Wildman–Crippen LogP) is 3.50. The normalized spacial score (nSPS) is 15.0. The van der Waals surface area contributed by atoms with Gasteiger partial charge in [-0.3, -0.25) is 0 Å². The van der Waals surface area contributed by atoms with Gasteiger partial charge >= 0.3 is 18.3 Å². The molecule has 0 saturated carbocycles. The Kier molecular flexibility index (Phi) is 7.09. The van der Waals surface area contributed by atoms with Crippen LogP contribution in [0.5, 0.6) is 5.75 Å². The fraction of sp³-hybridized carbons (Fsp3) is 0.533. The molecule has 0 aliphatic carbocycles.